The molecule has 0 bridgehead atoms. The van der Waals surface area contributed by atoms with E-state index in [0.717, 1.165) is 0 Å². The molecule has 0 spiro atoms. The Labute approximate surface area is 137 Å². The van der Waals surface area contributed by atoms with Crippen LogP contribution in [-0.2, 0) is 14.1 Å². The maximum atomic E-state index is 2.74. The molecule has 2 rings (SSSR count). The third-order valence-corrected chi connectivity index (χ3v) is 5.72. The molecule has 1 saturated heterocycles. The predicted molar refractivity (Wildman–Crippen MR) is 92.9 cm³/mol. The van der Waals surface area contributed by atoms with E-state index in [1.54, 1.807) is 0 Å². The highest BCUT2D eigenvalue weighted by Crippen LogP contribution is 2.56. The monoisotopic (exact) mass is 306 g/mol. The van der Waals surface area contributed by atoms with E-state index in [9.17, 15) is 0 Å². The number of likely N-dealkylation sites (tertiary alicyclic amines) is 1. The molecule has 1 aliphatic rings. The van der Waals surface area contributed by atoms with E-state index in [-0.39, 0.29) is 16.5 Å². The van der Waals surface area contributed by atoms with Crippen LogP contribution < -0.4 is 4.57 Å². The summed E-state index contributed by atoms with van der Waals surface area (Å²) in [6, 6.07) is 0.421. The average Bonchev–Trinajstić information content (AvgIpc) is 2.61. The molecular formula is C19H36N3+. The van der Waals surface area contributed by atoms with Crippen LogP contribution >= 0.6 is 0 Å². The van der Waals surface area contributed by atoms with Gasteiger partial charge in [0.1, 0.15) is 17.4 Å². The van der Waals surface area contributed by atoms with Crippen LogP contribution in [0, 0.1) is 19.3 Å². The minimum atomic E-state index is 0.140. The Hall–Kier alpha value is -0.830. The molecule has 1 fully saturated rings. The van der Waals surface area contributed by atoms with Crippen molar-refractivity contribution in [2.75, 3.05) is 0 Å². The molecule has 1 aromatic heterocycles. The fourth-order valence-electron chi connectivity index (χ4n) is 5.18. The zero-order chi connectivity index (χ0) is 17.2. The van der Waals surface area contributed by atoms with Gasteiger partial charge >= 0.3 is 0 Å². The van der Waals surface area contributed by atoms with Crippen molar-refractivity contribution < 1.29 is 4.57 Å². The van der Waals surface area contributed by atoms with Crippen LogP contribution in [-0.4, -0.2) is 20.5 Å². The van der Waals surface area contributed by atoms with Crippen LogP contribution in [0.1, 0.15) is 78.1 Å². The fraction of sp³-hybridized carbons (Fsp3) is 0.842. The molecule has 0 aromatic carbocycles. The lowest BCUT2D eigenvalue weighted by atomic mass is 9.81. The summed E-state index contributed by atoms with van der Waals surface area (Å²) >= 11 is 0. The minimum Gasteiger partial charge on any atom is -0.279 e. The van der Waals surface area contributed by atoms with Crippen molar-refractivity contribution in [2.45, 2.75) is 85.9 Å². The first-order valence-electron chi connectivity index (χ1n) is 8.53. The molecule has 1 atom stereocenters. The summed E-state index contributed by atoms with van der Waals surface area (Å²) in [5.41, 5.74) is 3.32. The summed E-state index contributed by atoms with van der Waals surface area (Å²) in [6.07, 6.45) is 1.21. The van der Waals surface area contributed by atoms with E-state index >= 15 is 0 Å². The summed E-state index contributed by atoms with van der Waals surface area (Å²) < 4.78 is 4.81. The van der Waals surface area contributed by atoms with E-state index in [2.05, 4.69) is 90.4 Å². The Bertz CT molecular complexity index is 559. The highest BCUT2D eigenvalue weighted by atomic mass is 15.3. The SMILES string of the molecule is Cc1c(C)[n+](C)c([C@H]2N(C(C)(C)C)C(C)(C)CC2(C)C)n1C. The van der Waals surface area contributed by atoms with Crippen molar-refractivity contribution in [3.63, 3.8) is 0 Å². The van der Waals surface area contributed by atoms with E-state index in [1.165, 1.54) is 23.6 Å². The molecule has 0 amide bonds. The third-order valence-electron chi connectivity index (χ3n) is 5.72. The van der Waals surface area contributed by atoms with Gasteiger partial charge in [0.2, 0.25) is 0 Å². The van der Waals surface area contributed by atoms with Gasteiger partial charge < -0.3 is 0 Å². The fourth-order valence-corrected chi connectivity index (χ4v) is 5.18. The van der Waals surface area contributed by atoms with Crippen molar-refractivity contribution in [1.82, 2.24) is 9.47 Å². The number of rotatable bonds is 1. The first-order chi connectivity index (χ1) is 9.72. The van der Waals surface area contributed by atoms with Crippen LogP contribution in [0.15, 0.2) is 0 Å². The second-order valence-electron chi connectivity index (χ2n) is 9.57. The van der Waals surface area contributed by atoms with E-state index in [4.69, 9.17) is 0 Å². The summed E-state index contributed by atoms with van der Waals surface area (Å²) in [5.74, 6) is 1.43. The molecule has 1 aliphatic heterocycles. The Balaban J connectivity index is 2.73. The highest BCUT2D eigenvalue weighted by Gasteiger charge is 2.58. The Morgan fingerprint density at radius 1 is 1.09 bits per heavy atom. The Morgan fingerprint density at radius 3 is 1.95 bits per heavy atom. The molecule has 0 radical (unpaired) electrons. The standard InChI is InChI=1S/C19H36N3/c1-13-14(2)21(11)16(20(13)10)15-18(6,7)12-19(8,9)22(15)17(3,4)5/h15H,12H2,1-11H3/q+1/t15-/m1/s1. The summed E-state index contributed by atoms with van der Waals surface area (Å²) in [6.45, 7) is 21.2. The molecule has 0 aliphatic carbocycles. The van der Waals surface area contributed by atoms with Gasteiger partial charge in [0, 0.05) is 24.9 Å². The minimum absolute atomic E-state index is 0.140. The lowest BCUT2D eigenvalue weighted by molar-refractivity contribution is -0.688. The molecule has 0 unspecified atom stereocenters. The van der Waals surface area contributed by atoms with E-state index in [0.29, 0.717) is 6.04 Å². The van der Waals surface area contributed by atoms with Crippen LogP contribution in [0.25, 0.3) is 0 Å². The molecule has 0 N–H and O–H groups in total. The summed E-state index contributed by atoms with van der Waals surface area (Å²) in [4.78, 5) is 2.74. The number of hydrogen-bond donors (Lipinski definition) is 0. The van der Waals surface area contributed by atoms with Crippen LogP contribution in [0.5, 0.6) is 0 Å². The van der Waals surface area contributed by atoms with E-state index in [1.807, 2.05) is 0 Å². The van der Waals surface area contributed by atoms with Gasteiger partial charge in [-0.1, -0.05) is 13.8 Å². The molecular weight excluding hydrogens is 270 g/mol. The van der Waals surface area contributed by atoms with Gasteiger partial charge in [0.05, 0.1) is 14.1 Å². The lowest BCUT2D eigenvalue weighted by Gasteiger charge is -2.45. The van der Waals surface area contributed by atoms with Crippen molar-refractivity contribution in [3.05, 3.63) is 17.2 Å². The van der Waals surface area contributed by atoms with Gasteiger partial charge in [-0.05, 0) is 46.5 Å². The zero-order valence-corrected chi connectivity index (χ0v) is 16.6. The second kappa shape index (κ2) is 4.83. The van der Waals surface area contributed by atoms with E-state index < -0.39 is 0 Å². The van der Waals surface area contributed by atoms with Gasteiger partial charge in [-0.3, -0.25) is 4.90 Å². The molecule has 3 heteroatoms. The van der Waals surface area contributed by atoms with Gasteiger partial charge in [0.15, 0.2) is 0 Å². The maximum Gasteiger partial charge on any atom is 0.274 e. The number of nitrogens with zero attached hydrogens (tertiary/aromatic N) is 3. The van der Waals surface area contributed by atoms with Crippen LogP contribution in [0.2, 0.25) is 0 Å². The van der Waals surface area contributed by atoms with Crippen molar-refractivity contribution in [2.24, 2.45) is 19.5 Å². The lowest BCUT2D eigenvalue weighted by Crippen LogP contribution is -2.54. The van der Waals surface area contributed by atoms with Gasteiger partial charge in [-0.15, -0.1) is 0 Å². The highest BCUT2D eigenvalue weighted by molar-refractivity contribution is 5.17. The molecule has 2 heterocycles. The Morgan fingerprint density at radius 2 is 1.59 bits per heavy atom. The van der Waals surface area contributed by atoms with Crippen molar-refractivity contribution in [1.29, 1.82) is 0 Å². The molecule has 3 nitrogen and oxygen atoms in total. The van der Waals surface area contributed by atoms with Gasteiger partial charge in [-0.25, -0.2) is 9.13 Å². The molecule has 1 aromatic rings. The average molecular weight is 307 g/mol. The number of imidazole rings is 1. The van der Waals surface area contributed by atoms with Gasteiger partial charge in [0.25, 0.3) is 5.82 Å². The first kappa shape index (κ1) is 17.5. The Kier molecular flexibility index (Phi) is 3.85. The topological polar surface area (TPSA) is 12.1 Å². The zero-order valence-electron chi connectivity index (χ0n) is 16.6. The summed E-state index contributed by atoms with van der Waals surface area (Å²) in [7, 11) is 4.44. The molecule has 0 saturated carbocycles. The summed E-state index contributed by atoms with van der Waals surface area (Å²) in [5, 5.41) is 0. The number of aromatic nitrogens is 2. The van der Waals surface area contributed by atoms with Gasteiger partial charge in [-0.2, -0.15) is 0 Å². The third kappa shape index (κ3) is 2.42. The smallest absolute Gasteiger partial charge is 0.274 e. The molecule has 22 heavy (non-hydrogen) atoms. The second-order valence-corrected chi connectivity index (χ2v) is 9.57. The quantitative estimate of drug-likeness (QED) is 0.718. The number of hydrogen-bond acceptors (Lipinski definition) is 1. The predicted octanol–water partition coefficient (Wildman–Crippen LogP) is 3.82. The first-order valence-corrected chi connectivity index (χ1v) is 8.53. The largest absolute Gasteiger partial charge is 0.279 e. The maximum absolute atomic E-state index is 2.74. The molecule has 126 valence electrons. The van der Waals surface area contributed by atoms with Crippen molar-refractivity contribution in [3.8, 4) is 0 Å². The van der Waals surface area contributed by atoms with Crippen molar-refractivity contribution >= 4 is 0 Å². The normalized spacial score (nSPS) is 25.0. The van der Waals surface area contributed by atoms with Crippen LogP contribution in [0.3, 0.4) is 0 Å². The van der Waals surface area contributed by atoms with Crippen LogP contribution in [0.4, 0.5) is 0 Å².